The Bertz CT molecular complexity index is 532. The molecule has 0 spiro atoms. The summed E-state index contributed by atoms with van der Waals surface area (Å²) in [5.74, 6) is 0. The molecule has 1 aliphatic rings. The normalized spacial score (nSPS) is 14.4. The molecule has 0 atom stereocenters. The third-order valence-corrected chi connectivity index (χ3v) is 4.08. The highest BCUT2D eigenvalue weighted by molar-refractivity contribution is 5.44. The number of aryl methyl sites for hydroxylation is 2. The van der Waals surface area contributed by atoms with Crippen LogP contribution in [-0.4, -0.2) is 18.3 Å². The van der Waals surface area contributed by atoms with Crippen LogP contribution in [0.4, 0.5) is 0 Å². The first-order valence-corrected chi connectivity index (χ1v) is 7.40. The number of benzene rings is 2. The summed E-state index contributed by atoms with van der Waals surface area (Å²) in [4.78, 5) is 0. The average Bonchev–Trinajstić information content (AvgIpc) is 2.66. The Morgan fingerprint density at radius 3 is 2.00 bits per heavy atom. The van der Waals surface area contributed by atoms with Gasteiger partial charge in [0.1, 0.15) is 0 Å². The van der Waals surface area contributed by atoms with Crippen LogP contribution in [0.3, 0.4) is 0 Å². The monoisotopic (exact) mass is 267 g/mol. The van der Waals surface area contributed by atoms with E-state index in [4.69, 9.17) is 5.11 Å². The fourth-order valence-electron chi connectivity index (χ4n) is 3.07. The Morgan fingerprint density at radius 2 is 1.45 bits per heavy atom. The lowest BCUT2D eigenvalue weighted by Gasteiger charge is -2.21. The maximum atomic E-state index is 9.00. The van der Waals surface area contributed by atoms with Crippen molar-refractivity contribution in [2.24, 2.45) is 0 Å². The van der Waals surface area contributed by atoms with Gasteiger partial charge in [-0.05, 0) is 48.1 Å². The van der Waals surface area contributed by atoms with Crippen molar-refractivity contribution in [3.8, 4) is 0 Å². The van der Waals surface area contributed by atoms with E-state index in [2.05, 4.69) is 53.8 Å². The maximum Gasteiger partial charge on any atom is 0.0582 e. The summed E-state index contributed by atoms with van der Waals surface area (Å²) in [7, 11) is 0. The van der Waals surface area contributed by atoms with E-state index in [1.165, 1.54) is 22.3 Å². The van der Waals surface area contributed by atoms with Gasteiger partial charge in [0.25, 0.3) is 0 Å². The highest BCUT2D eigenvalue weighted by atomic mass is 16.3. The van der Waals surface area contributed by atoms with Crippen molar-refractivity contribution in [2.75, 3.05) is 13.2 Å². The summed E-state index contributed by atoms with van der Waals surface area (Å²) in [6.07, 6.45) is 3.00. The van der Waals surface area contributed by atoms with Gasteiger partial charge in [-0.25, -0.2) is 0 Å². The van der Waals surface area contributed by atoms with E-state index in [-0.39, 0.29) is 12.6 Å². The highest BCUT2D eigenvalue weighted by Crippen LogP contribution is 2.32. The van der Waals surface area contributed by atoms with Crippen LogP contribution in [0, 0.1) is 0 Å². The molecule has 2 aromatic rings. The van der Waals surface area contributed by atoms with Gasteiger partial charge in [0, 0.05) is 6.61 Å². The number of aliphatic hydroxyl groups is 1. The van der Waals surface area contributed by atoms with Crippen LogP contribution in [0.2, 0.25) is 0 Å². The smallest absolute Gasteiger partial charge is 0.0582 e. The zero-order valence-electron chi connectivity index (χ0n) is 11.7. The molecule has 2 nitrogen and oxygen atoms in total. The Hall–Kier alpha value is -1.64. The van der Waals surface area contributed by atoms with Crippen molar-refractivity contribution in [1.82, 2.24) is 5.32 Å². The fourth-order valence-corrected chi connectivity index (χ4v) is 3.07. The van der Waals surface area contributed by atoms with Crippen LogP contribution >= 0.6 is 0 Å². The molecule has 0 aromatic heterocycles. The first-order valence-electron chi connectivity index (χ1n) is 7.40. The minimum Gasteiger partial charge on any atom is -0.396 e. The van der Waals surface area contributed by atoms with Crippen LogP contribution in [0.1, 0.15) is 34.7 Å². The second-order valence-corrected chi connectivity index (χ2v) is 5.36. The summed E-state index contributed by atoms with van der Waals surface area (Å²) in [5, 5.41) is 12.6. The molecule has 0 radical (unpaired) electrons. The number of fused-ring (bicyclic) bond motifs is 2. The third-order valence-electron chi connectivity index (χ3n) is 4.08. The summed E-state index contributed by atoms with van der Waals surface area (Å²) in [6.45, 7) is 1.08. The molecule has 0 fully saturated rings. The molecule has 1 aliphatic carbocycles. The summed E-state index contributed by atoms with van der Waals surface area (Å²) in [6, 6.07) is 17.7. The van der Waals surface area contributed by atoms with Gasteiger partial charge in [0.05, 0.1) is 6.04 Å². The number of rotatable bonds is 4. The van der Waals surface area contributed by atoms with Gasteiger partial charge in [-0.2, -0.15) is 0 Å². The molecule has 20 heavy (non-hydrogen) atoms. The van der Waals surface area contributed by atoms with E-state index in [1.54, 1.807) is 0 Å². The van der Waals surface area contributed by atoms with Gasteiger partial charge in [0.2, 0.25) is 0 Å². The highest BCUT2D eigenvalue weighted by Gasteiger charge is 2.22. The molecule has 104 valence electrons. The van der Waals surface area contributed by atoms with E-state index in [9.17, 15) is 0 Å². The summed E-state index contributed by atoms with van der Waals surface area (Å²) >= 11 is 0. The van der Waals surface area contributed by atoms with Gasteiger partial charge in [-0.15, -0.1) is 0 Å². The number of hydrogen-bond acceptors (Lipinski definition) is 2. The lowest BCUT2D eigenvalue weighted by molar-refractivity contribution is 0.284. The van der Waals surface area contributed by atoms with Crippen LogP contribution in [0.15, 0.2) is 48.5 Å². The predicted octanol–water partition coefficient (Wildman–Crippen LogP) is 2.85. The molecule has 0 saturated carbocycles. The van der Waals surface area contributed by atoms with Crippen molar-refractivity contribution in [1.29, 1.82) is 0 Å². The molecule has 0 bridgehead atoms. The largest absolute Gasteiger partial charge is 0.396 e. The van der Waals surface area contributed by atoms with Crippen LogP contribution in [0.5, 0.6) is 0 Å². The number of aliphatic hydroxyl groups excluding tert-OH is 1. The number of nitrogens with one attached hydrogen (secondary N) is 1. The predicted molar refractivity (Wildman–Crippen MR) is 81.8 cm³/mol. The van der Waals surface area contributed by atoms with E-state index in [0.29, 0.717) is 0 Å². The fraction of sp³-hybridized carbons (Fsp3) is 0.333. The SMILES string of the molecule is OCCCNC1c2ccccc2CCc2ccccc21. The van der Waals surface area contributed by atoms with Gasteiger partial charge in [-0.1, -0.05) is 48.5 Å². The molecule has 3 rings (SSSR count). The Balaban J connectivity index is 2.00. The van der Waals surface area contributed by atoms with Crippen LogP contribution in [-0.2, 0) is 12.8 Å². The molecule has 0 heterocycles. The third kappa shape index (κ3) is 2.62. The van der Waals surface area contributed by atoms with E-state index in [0.717, 1.165) is 25.8 Å². The molecule has 2 N–H and O–H groups in total. The van der Waals surface area contributed by atoms with E-state index < -0.39 is 0 Å². The minimum atomic E-state index is 0.239. The quantitative estimate of drug-likeness (QED) is 0.835. The molecule has 0 aliphatic heterocycles. The van der Waals surface area contributed by atoms with Gasteiger partial charge < -0.3 is 10.4 Å². The summed E-state index contributed by atoms with van der Waals surface area (Å²) in [5.41, 5.74) is 5.64. The van der Waals surface area contributed by atoms with Crippen molar-refractivity contribution >= 4 is 0 Å². The minimum absolute atomic E-state index is 0.239. The second kappa shape index (κ2) is 6.21. The average molecular weight is 267 g/mol. The zero-order valence-corrected chi connectivity index (χ0v) is 11.7. The van der Waals surface area contributed by atoms with Gasteiger partial charge >= 0.3 is 0 Å². The van der Waals surface area contributed by atoms with Crippen molar-refractivity contribution in [3.63, 3.8) is 0 Å². The number of hydrogen-bond donors (Lipinski definition) is 2. The van der Waals surface area contributed by atoms with Gasteiger partial charge in [-0.3, -0.25) is 0 Å². The molecule has 2 aromatic carbocycles. The van der Waals surface area contributed by atoms with Crippen molar-refractivity contribution in [3.05, 3.63) is 70.8 Å². The van der Waals surface area contributed by atoms with E-state index in [1.807, 2.05) is 0 Å². The Labute approximate surface area is 120 Å². The van der Waals surface area contributed by atoms with Gasteiger partial charge in [0.15, 0.2) is 0 Å². The second-order valence-electron chi connectivity index (χ2n) is 5.36. The first kappa shape index (κ1) is 13.3. The summed E-state index contributed by atoms with van der Waals surface area (Å²) < 4.78 is 0. The van der Waals surface area contributed by atoms with E-state index >= 15 is 0 Å². The molecular formula is C18H21NO. The molecule has 0 amide bonds. The topological polar surface area (TPSA) is 32.3 Å². The molecular weight excluding hydrogens is 246 g/mol. The lowest BCUT2D eigenvalue weighted by atomic mass is 9.94. The Morgan fingerprint density at radius 1 is 0.900 bits per heavy atom. The van der Waals surface area contributed by atoms with Crippen molar-refractivity contribution in [2.45, 2.75) is 25.3 Å². The lowest BCUT2D eigenvalue weighted by Crippen LogP contribution is -2.25. The molecule has 2 heteroatoms. The van der Waals surface area contributed by atoms with Crippen molar-refractivity contribution < 1.29 is 5.11 Å². The molecule has 0 saturated heterocycles. The first-order chi connectivity index (χ1) is 9.90. The molecule has 0 unspecified atom stereocenters. The van der Waals surface area contributed by atoms with Crippen LogP contribution in [0.25, 0.3) is 0 Å². The standard InChI is InChI=1S/C18H21NO/c20-13-5-12-19-18-16-8-3-1-6-14(16)10-11-15-7-2-4-9-17(15)18/h1-4,6-9,18-20H,5,10-13H2. The van der Waals surface area contributed by atoms with Crippen LogP contribution < -0.4 is 5.32 Å². The Kier molecular flexibility index (Phi) is 4.14. The zero-order chi connectivity index (χ0) is 13.8. The maximum absolute atomic E-state index is 9.00.